The molecule has 2 aromatic carbocycles. The molecular formula is C15H11F4NO. The maximum atomic E-state index is 13.0. The molecule has 0 heterocycles. The topological polar surface area (TPSA) is 32.6 Å². The van der Waals surface area contributed by atoms with Crippen LogP contribution in [0.4, 0.5) is 23.2 Å². The van der Waals surface area contributed by atoms with Crippen molar-refractivity contribution in [3.63, 3.8) is 0 Å². The molecule has 2 rings (SSSR count). The molecule has 110 valence electrons. The van der Waals surface area contributed by atoms with E-state index in [2.05, 4.69) is 4.99 Å². The van der Waals surface area contributed by atoms with E-state index in [0.29, 0.717) is 11.6 Å². The first-order valence-corrected chi connectivity index (χ1v) is 5.98. The van der Waals surface area contributed by atoms with Crippen molar-refractivity contribution in [3.8, 4) is 5.75 Å². The van der Waals surface area contributed by atoms with Gasteiger partial charge in [0, 0.05) is 11.8 Å². The molecule has 2 aromatic rings. The number of hydrogen-bond donors (Lipinski definition) is 1. The van der Waals surface area contributed by atoms with Crippen LogP contribution in [0.3, 0.4) is 0 Å². The Morgan fingerprint density at radius 2 is 1.86 bits per heavy atom. The van der Waals surface area contributed by atoms with Crippen molar-refractivity contribution < 1.29 is 22.7 Å². The van der Waals surface area contributed by atoms with Crippen LogP contribution < -0.4 is 0 Å². The lowest BCUT2D eigenvalue weighted by molar-refractivity contribution is -0.137. The van der Waals surface area contributed by atoms with Gasteiger partial charge in [-0.1, -0.05) is 12.1 Å². The zero-order valence-electron chi connectivity index (χ0n) is 10.9. The van der Waals surface area contributed by atoms with Gasteiger partial charge < -0.3 is 5.11 Å². The van der Waals surface area contributed by atoms with Crippen LogP contribution in [0.1, 0.15) is 16.7 Å². The van der Waals surface area contributed by atoms with Crippen LogP contribution in [-0.4, -0.2) is 11.3 Å². The van der Waals surface area contributed by atoms with Crippen LogP contribution in [0, 0.1) is 12.7 Å². The maximum absolute atomic E-state index is 13.0. The molecule has 0 bridgehead atoms. The van der Waals surface area contributed by atoms with Gasteiger partial charge in [-0.25, -0.2) is 4.39 Å². The molecule has 0 aromatic heterocycles. The number of nitrogens with zero attached hydrogens (tertiary/aromatic N) is 1. The summed E-state index contributed by atoms with van der Waals surface area (Å²) in [7, 11) is 0. The number of halogens is 4. The molecule has 0 saturated heterocycles. The van der Waals surface area contributed by atoms with E-state index >= 15 is 0 Å². The summed E-state index contributed by atoms with van der Waals surface area (Å²) >= 11 is 0. The number of benzene rings is 2. The number of phenols is 1. The van der Waals surface area contributed by atoms with Gasteiger partial charge in [-0.3, -0.25) is 4.99 Å². The fourth-order valence-corrected chi connectivity index (χ4v) is 1.77. The molecule has 0 unspecified atom stereocenters. The van der Waals surface area contributed by atoms with E-state index in [1.165, 1.54) is 6.07 Å². The Morgan fingerprint density at radius 1 is 1.14 bits per heavy atom. The molecular weight excluding hydrogens is 286 g/mol. The highest BCUT2D eigenvalue weighted by Crippen LogP contribution is 2.36. The predicted molar refractivity (Wildman–Crippen MR) is 71.5 cm³/mol. The van der Waals surface area contributed by atoms with Crippen LogP contribution >= 0.6 is 0 Å². The summed E-state index contributed by atoms with van der Waals surface area (Å²) in [5.41, 5.74) is -0.711. The lowest BCUT2D eigenvalue weighted by Crippen LogP contribution is -2.05. The van der Waals surface area contributed by atoms with Crippen LogP contribution in [0.15, 0.2) is 41.4 Å². The molecule has 6 heteroatoms. The summed E-state index contributed by atoms with van der Waals surface area (Å²) in [4.78, 5) is 3.71. The first-order chi connectivity index (χ1) is 9.79. The Balaban J connectivity index is 2.44. The van der Waals surface area contributed by atoms with Crippen molar-refractivity contribution in [2.24, 2.45) is 4.99 Å². The van der Waals surface area contributed by atoms with Gasteiger partial charge in [-0.2, -0.15) is 13.2 Å². The zero-order valence-corrected chi connectivity index (χ0v) is 10.9. The fraction of sp³-hybridized carbons (Fsp3) is 0.133. The van der Waals surface area contributed by atoms with Crippen LogP contribution in [-0.2, 0) is 6.18 Å². The molecule has 0 saturated carbocycles. The average Bonchev–Trinajstić information content (AvgIpc) is 2.40. The van der Waals surface area contributed by atoms with Gasteiger partial charge in [0.15, 0.2) is 0 Å². The normalized spacial score (nSPS) is 12.0. The van der Waals surface area contributed by atoms with E-state index in [0.717, 1.165) is 18.3 Å². The van der Waals surface area contributed by atoms with Crippen molar-refractivity contribution in [2.75, 3.05) is 0 Å². The lowest BCUT2D eigenvalue weighted by atomic mass is 10.1. The Labute approximate surface area is 118 Å². The van der Waals surface area contributed by atoms with Gasteiger partial charge in [0.2, 0.25) is 0 Å². The van der Waals surface area contributed by atoms with E-state index < -0.39 is 23.2 Å². The molecule has 21 heavy (non-hydrogen) atoms. The van der Waals surface area contributed by atoms with Crippen molar-refractivity contribution in [1.29, 1.82) is 0 Å². The zero-order chi connectivity index (χ0) is 15.6. The Bertz CT molecular complexity index is 693. The quantitative estimate of drug-likeness (QED) is 0.637. The number of aromatic hydroxyl groups is 1. The second-order valence-electron chi connectivity index (χ2n) is 4.43. The largest absolute Gasteiger partial charge is 0.507 e. The highest BCUT2D eigenvalue weighted by atomic mass is 19.4. The van der Waals surface area contributed by atoms with Crippen molar-refractivity contribution in [1.82, 2.24) is 0 Å². The fourth-order valence-electron chi connectivity index (χ4n) is 1.77. The number of aliphatic imine (C=N–C) groups is 1. The van der Waals surface area contributed by atoms with Crippen molar-refractivity contribution in [2.45, 2.75) is 13.1 Å². The third-order valence-electron chi connectivity index (χ3n) is 2.88. The van der Waals surface area contributed by atoms with E-state index in [4.69, 9.17) is 0 Å². The lowest BCUT2D eigenvalue weighted by Gasteiger charge is -2.09. The van der Waals surface area contributed by atoms with Gasteiger partial charge in [-0.05, 0) is 36.8 Å². The Hall–Kier alpha value is -2.37. The maximum Gasteiger partial charge on any atom is 0.418 e. The standard InChI is InChI=1S/C15H11F4NO/c1-9-3-2-4-10(14(9)21)8-20-13-6-5-11(16)7-12(13)15(17,18)19/h2-8,21H,1H3. The molecule has 0 atom stereocenters. The summed E-state index contributed by atoms with van der Waals surface area (Å²) in [6.07, 6.45) is -3.59. The average molecular weight is 297 g/mol. The summed E-state index contributed by atoms with van der Waals surface area (Å²) in [6.45, 7) is 1.66. The summed E-state index contributed by atoms with van der Waals surface area (Å²) in [6, 6.07) is 7.06. The van der Waals surface area contributed by atoms with Gasteiger partial charge in [-0.15, -0.1) is 0 Å². The Morgan fingerprint density at radius 3 is 2.52 bits per heavy atom. The summed E-state index contributed by atoms with van der Waals surface area (Å²) < 4.78 is 51.4. The Kier molecular flexibility index (Phi) is 3.97. The SMILES string of the molecule is Cc1cccc(C=Nc2ccc(F)cc2C(F)(F)F)c1O. The second kappa shape index (κ2) is 5.55. The first kappa shape index (κ1) is 15.0. The van der Waals surface area contributed by atoms with E-state index in [1.807, 2.05) is 0 Å². The van der Waals surface area contributed by atoms with Gasteiger partial charge >= 0.3 is 6.18 Å². The van der Waals surface area contributed by atoms with Gasteiger partial charge in [0.05, 0.1) is 11.3 Å². The van der Waals surface area contributed by atoms with Gasteiger partial charge in [0.1, 0.15) is 11.6 Å². The number of aryl methyl sites for hydroxylation is 1. The third-order valence-corrected chi connectivity index (χ3v) is 2.88. The van der Waals surface area contributed by atoms with Crippen LogP contribution in [0.2, 0.25) is 0 Å². The van der Waals surface area contributed by atoms with Crippen LogP contribution in [0.25, 0.3) is 0 Å². The van der Waals surface area contributed by atoms with Crippen molar-refractivity contribution in [3.05, 3.63) is 58.9 Å². The van der Waals surface area contributed by atoms with Crippen LogP contribution in [0.5, 0.6) is 5.75 Å². The minimum Gasteiger partial charge on any atom is -0.507 e. The summed E-state index contributed by atoms with van der Waals surface area (Å²) in [5.74, 6) is -1.04. The van der Waals surface area contributed by atoms with Gasteiger partial charge in [0.25, 0.3) is 0 Å². The summed E-state index contributed by atoms with van der Waals surface area (Å²) in [5, 5.41) is 9.78. The van der Waals surface area contributed by atoms with E-state index in [1.54, 1.807) is 19.1 Å². The highest BCUT2D eigenvalue weighted by Gasteiger charge is 2.33. The molecule has 2 nitrogen and oxygen atoms in total. The monoisotopic (exact) mass is 297 g/mol. The van der Waals surface area contributed by atoms with Crippen molar-refractivity contribution >= 4 is 11.9 Å². The molecule has 0 aliphatic heterocycles. The number of rotatable bonds is 2. The molecule has 0 aliphatic rings. The highest BCUT2D eigenvalue weighted by molar-refractivity contribution is 5.86. The molecule has 0 amide bonds. The number of alkyl halides is 3. The minimum absolute atomic E-state index is 0.0584. The molecule has 0 fully saturated rings. The smallest absolute Gasteiger partial charge is 0.418 e. The molecule has 1 N–H and O–H groups in total. The molecule has 0 aliphatic carbocycles. The first-order valence-electron chi connectivity index (χ1n) is 5.98. The second-order valence-corrected chi connectivity index (χ2v) is 4.43. The molecule has 0 spiro atoms. The predicted octanol–water partition coefficient (Wildman–Crippen LogP) is 4.61. The number of para-hydroxylation sites is 1. The van der Waals surface area contributed by atoms with E-state index in [9.17, 15) is 22.7 Å². The number of phenolic OH excluding ortho intramolecular Hbond substituents is 1. The number of hydrogen-bond acceptors (Lipinski definition) is 2. The molecule has 0 radical (unpaired) electrons. The minimum atomic E-state index is -4.70. The third kappa shape index (κ3) is 3.39. The van der Waals surface area contributed by atoms with E-state index in [-0.39, 0.29) is 11.3 Å².